The third kappa shape index (κ3) is 4.63. The van der Waals surface area contributed by atoms with Crippen LogP contribution in [-0.2, 0) is 0 Å². The van der Waals surface area contributed by atoms with E-state index in [2.05, 4.69) is 100 Å². The van der Waals surface area contributed by atoms with Gasteiger partial charge in [0, 0.05) is 38.4 Å². The molecule has 0 radical (unpaired) electrons. The summed E-state index contributed by atoms with van der Waals surface area (Å²) in [6.07, 6.45) is 0. The van der Waals surface area contributed by atoms with E-state index in [0.29, 0.717) is 22.9 Å². The van der Waals surface area contributed by atoms with Gasteiger partial charge in [0.1, 0.15) is 11.2 Å². The van der Waals surface area contributed by atoms with E-state index >= 15 is 0 Å². The fourth-order valence-corrected chi connectivity index (χ4v) is 7.55. The van der Waals surface area contributed by atoms with Crippen LogP contribution in [-0.4, -0.2) is 14.5 Å². The maximum Gasteiger partial charge on any atom is 0.238 e. The number of aromatic nitrogens is 3. The van der Waals surface area contributed by atoms with Crippen LogP contribution in [0.3, 0.4) is 0 Å². The second-order valence-corrected chi connectivity index (χ2v) is 12.8. The van der Waals surface area contributed by atoms with Crippen molar-refractivity contribution in [3.63, 3.8) is 0 Å². The summed E-state index contributed by atoms with van der Waals surface area (Å²) in [7, 11) is 0. The minimum atomic E-state index is 0.427. The first-order valence-electron chi connectivity index (χ1n) is 17.2. The van der Waals surface area contributed by atoms with Gasteiger partial charge in [0.25, 0.3) is 0 Å². The summed E-state index contributed by atoms with van der Waals surface area (Å²) in [6, 6.07) is 57.9. The van der Waals surface area contributed by atoms with Gasteiger partial charge in [-0.3, -0.25) is 0 Å². The maximum atomic E-state index is 8.19. The van der Waals surface area contributed by atoms with Crippen LogP contribution in [0.2, 0.25) is 0 Å². The van der Waals surface area contributed by atoms with E-state index in [-0.39, 0.29) is 0 Å². The van der Waals surface area contributed by atoms with Crippen molar-refractivity contribution >= 4 is 49.4 Å². The molecule has 10 rings (SSSR count). The van der Waals surface area contributed by atoms with Crippen LogP contribution < -0.4 is 0 Å². The van der Waals surface area contributed by atoms with E-state index < -0.39 is 0 Å². The highest BCUT2D eigenvalue weighted by Gasteiger charge is 2.22. The molecule has 0 aliphatic heterocycles. The SMILES string of the molecule is [C-]#[N+]c1c(-c2ccccc2)nc(-c2cccc3oc4c(-c5cccc(-n6c7ccccc7c7ccccc76)c5)cccc4c23)nc1-c1ccccc1. The van der Waals surface area contributed by atoms with Crippen molar-refractivity contribution in [3.05, 3.63) is 181 Å². The van der Waals surface area contributed by atoms with Crippen LogP contribution in [0.25, 0.3) is 99.3 Å². The molecule has 0 bridgehead atoms. The van der Waals surface area contributed by atoms with Gasteiger partial charge in [0.05, 0.1) is 29.0 Å². The fourth-order valence-electron chi connectivity index (χ4n) is 7.55. The molecule has 0 aliphatic carbocycles. The molecular weight excluding hydrogens is 637 g/mol. The average Bonchev–Trinajstić information content (AvgIpc) is 3.77. The summed E-state index contributed by atoms with van der Waals surface area (Å²) in [4.78, 5) is 14.2. The van der Waals surface area contributed by atoms with Gasteiger partial charge >= 0.3 is 0 Å². The quantitative estimate of drug-likeness (QED) is 0.172. The number of fused-ring (bicyclic) bond motifs is 6. The largest absolute Gasteiger partial charge is 0.455 e. The Bertz CT molecular complexity index is 2910. The van der Waals surface area contributed by atoms with E-state index in [9.17, 15) is 0 Å². The van der Waals surface area contributed by atoms with E-state index in [4.69, 9.17) is 21.0 Å². The molecule has 52 heavy (non-hydrogen) atoms. The first kappa shape index (κ1) is 29.6. The third-order valence-electron chi connectivity index (χ3n) is 9.85. The molecule has 0 atom stereocenters. The van der Waals surface area contributed by atoms with Crippen LogP contribution >= 0.6 is 0 Å². The van der Waals surface area contributed by atoms with E-state index in [0.717, 1.165) is 55.4 Å². The van der Waals surface area contributed by atoms with Gasteiger partial charge in [-0.25, -0.2) is 14.8 Å². The van der Waals surface area contributed by atoms with E-state index in [1.54, 1.807) is 0 Å². The number of benzene rings is 7. The van der Waals surface area contributed by atoms with Crippen molar-refractivity contribution < 1.29 is 4.42 Å². The van der Waals surface area contributed by atoms with Crippen LogP contribution in [0, 0.1) is 6.57 Å². The summed E-state index contributed by atoms with van der Waals surface area (Å²) in [5.41, 5.74) is 11.2. The van der Waals surface area contributed by atoms with Crippen molar-refractivity contribution in [2.75, 3.05) is 0 Å². The minimum Gasteiger partial charge on any atom is -0.455 e. The fraction of sp³-hybridized carbons (Fsp3) is 0. The molecule has 0 saturated heterocycles. The van der Waals surface area contributed by atoms with Gasteiger partial charge in [-0.2, -0.15) is 0 Å². The lowest BCUT2D eigenvalue weighted by Crippen LogP contribution is -1.97. The van der Waals surface area contributed by atoms with Crippen LogP contribution in [0.15, 0.2) is 174 Å². The van der Waals surface area contributed by atoms with Crippen LogP contribution in [0.1, 0.15) is 0 Å². The monoisotopic (exact) mass is 664 g/mol. The number of para-hydroxylation sites is 3. The molecular formula is C47H28N4O. The number of rotatable bonds is 5. The van der Waals surface area contributed by atoms with E-state index in [1.807, 2.05) is 78.9 Å². The first-order chi connectivity index (χ1) is 25.8. The molecule has 0 unspecified atom stereocenters. The van der Waals surface area contributed by atoms with Gasteiger partial charge in [-0.1, -0.05) is 140 Å². The molecule has 5 nitrogen and oxygen atoms in total. The van der Waals surface area contributed by atoms with Gasteiger partial charge in [-0.15, -0.1) is 0 Å². The molecule has 10 aromatic rings. The molecule has 5 heteroatoms. The Kier molecular flexibility index (Phi) is 6.80. The molecule has 0 aliphatic rings. The molecule has 0 amide bonds. The van der Waals surface area contributed by atoms with Gasteiger partial charge in [-0.05, 0) is 47.0 Å². The van der Waals surface area contributed by atoms with Crippen LogP contribution in [0.4, 0.5) is 5.69 Å². The summed E-state index contributed by atoms with van der Waals surface area (Å²) in [5.74, 6) is 0.539. The number of hydrogen-bond donors (Lipinski definition) is 0. The highest BCUT2D eigenvalue weighted by atomic mass is 16.3. The number of nitrogens with zero attached hydrogens (tertiary/aromatic N) is 4. The zero-order valence-electron chi connectivity index (χ0n) is 27.9. The first-order valence-corrected chi connectivity index (χ1v) is 17.2. The molecule has 0 saturated carbocycles. The Balaban J connectivity index is 1.18. The summed E-state index contributed by atoms with van der Waals surface area (Å²) < 4.78 is 9.07. The minimum absolute atomic E-state index is 0.427. The Morgan fingerprint density at radius 3 is 1.69 bits per heavy atom. The topological polar surface area (TPSA) is 48.2 Å². The van der Waals surface area contributed by atoms with Crippen LogP contribution in [0.5, 0.6) is 0 Å². The smallest absolute Gasteiger partial charge is 0.238 e. The zero-order valence-corrected chi connectivity index (χ0v) is 27.9. The summed E-state index contributed by atoms with van der Waals surface area (Å²) in [5, 5.41) is 4.37. The highest BCUT2D eigenvalue weighted by molar-refractivity contribution is 6.15. The van der Waals surface area contributed by atoms with Crippen molar-refractivity contribution in [2.24, 2.45) is 0 Å². The lowest BCUT2D eigenvalue weighted by Gasteiger charge is -2.13. The predicted octanol–water partition coefficient (Wildman–Crippen LogP) is 12.7. The molecule has 242 valence electrons. The summed E-state index contributed by atoms with van der Waals surface area (Å²) in [6.45, 7) is 8.19. The Labute approximate surface area is 299 Å². The average molecular weight is 665 g/mol. The summed E-state index contributed by atoms with van der Waals surface area (Å²) >= 11 is 0. The molecule has 3 heterocycles. The highest BCUT2D eigenvalue weighted by Crippen LogP contribution is 2.43. The zero-order chi connectivity index (χ0) is 34.6. The number of hydrogen-bond acceptors (Lipinski definition) is 3. The molecule has 0 fully saturated rings. The van der Waals surface area contributed by atoms with Gasteiger partial charge in [0.2, 0.25) is 5.69 Å². The van der Waals surface area contributed by atoms with Crippen molar-refractivity contribution in [3.8, 4) is 50.7 Å². The molecule has 0 spiro atoms. The third-order valence-corrected chi connectivity index (χ3v) is 9.85. The lowest BCUT2D eigenvalue weighted by atomic mass is 9.99. The van der Waals surface area contributed by atoms with Crippen molar-refractivity contribution in [2.45, 2.75) is 0 Å². The second-order valence-electron chi connectivity index (χ2n) is 12.8. The Morgan fingerprint density at radius 2 is 1.04 bits per heavy atom. The second kappa shape index (κ2) is 11.9. The van der Waals surface area contributed by atoms with Crippen molar-refractivity contribution in [1.82, 2.24) is 14.5 Å². The normalized spacial score (nSPS) is 11.4. The van der Waals surface area contributed by atoms with Gasteiger partial charge in [0.15, 0.2) is 5.82 Å². The Hall–Kier alpha value is -7.29. The standard InChI is InChI=1S/C47H28N4O/c1-48-45-43(30-15-4-2-5-16-30)49-47(50-44(45)31-17-6-3-7-18-31)38-25-14-28-41-42(38)37-24-13-23-34(46(37)52-41)32-19-12-20-33(29-32)51-39-26-10-8-21-35(39)36-22-9-11-27-40(36)51/h2-29H. The number of furan rings is 1. The maximum absolute atomic E-state index is 8.19. The Morgan fingerprint density at radius 1 is 0.500 bits per heavy atom. The molecule has 3 aromatic heterocycles. The molecule has 7 aromatic carbocycles. The van der Waals surface area contributed by atoms with Crippen molar-refractivity contribution in [1.29, 1.82) is 0 Å². The molecule has 0 N–H and O–H groups in total. The lowest BCUT2D eigenvalue weighted by molar-refractivity contribution is 0.670. The van der Waals surface area contributed by atoms with E-state index in [1.165, 1.54) is 21.8 Å². The predicted molar refractivity (Wildman–Crippen MR) is 212 cm³/mol. The van der Waals surface area contributed by atoms with Gasteiger partial charge < -0.3 is 8.98 Å².